The van der Waals surface area contributed by atoms with Crippen molar-refractivity contribution < 1.29 is 23.0 Å². The minimum Gasteiger partial charge on any atom is -0.382 e. The number of methoxy groups -OCH3 is 1. The predicted molar refractivity (Wildman–Crippen MR) is 144 cm³/mol. The zero-order valence-corrected chi connectivity index (χ0v) is 23.2. The zero-order valence-electron chi connectivity index (χ0n) is 21.7. The Morgan fingerprint density at radius 3 is 2.38 bits per heavy atom. The Morgan fingerprint density at radius 2 is 1.75 bits per heavy atom. The van der Waals surface area contributed by atoms with E-state index in [-0.39, 0.29) is 18.2 Å². The van der Waals surface area contributed by atoms with Crippen LogP contribution in [0.5, 0.6) is 0 Å². The molecule has 2 aromatic carbocycles. The van der Waals surface area contributed by atoms with Crippen LogP contribution in [-0.4, -0.2) is 65.8 Å². The van der Waals surface area contributed by atoms with Gasteiger partial charge in [0.15, 0.2) is 17.8 Å². The molecule has 10 nitrogen and oxygen atoms in total. The lowest BCUT2D eigenvalue weighted by molar-refractivity contribution is -0.207. The second-order valence-corrected chi connectivity index (χ2v) is 10.3. The maximum Gasteiger partial charge on any atom is 0.416 e. The molecule has 0 aliphatic carbocycles. The van der Waals surface area contributed by atoms with Crippen molar-refractivity contribution in [3.05, 3.63) is 74.9 Å². The predicted octanol–water partition coefficient (Wildman–Crippen LogP) is 4.41. The van der Waals surface area contributed by atoms with Crippen molar-refractivity contribution in [2.24, 2.45) is 0 Å². The van der Waals surface area contributed by atoms with E-state index >= 15 is 0 Å². The summed E-state index contributed by atoms with van der Waals surface area (Å²) in [6.45, 7) is 2.75. The number of nitrogens with zero attached hydrogens (tertiary/aromatic N) is 6. The number of alkyl halides is 3. The first kappa shape index (κ1) is 29.6. The molecule has 2 N–H and O–H groups in total. The summed E-state index contributed by atoms with van der Waals surface area (Å²) in [5.41, 5.74) is -0.612. The first-order valence-electron chi connectivity index (χ1n) is 12.0. The van der Waals surface area contributed by atoms with E-state index in [1.165, 1.54) is 28.9 Å². The van der Waals surface area contributed by atoms with Crippen molar-refractivity contribution in [1.29, 1.82) is 0 Å². The van der Waals surface area contributed by atoms with Crippen LogP contribution in [0.15, 0.2) is 53.3 Å². The average molecular weight is 600 g/mol. The lowest BCUT2D eigenvalue weighted by Gasteiger charge is -2.23. The third-order valence-corrected chi connectivity index (χ3v) is 6.58. The van der Waals surface area contributed by atoms with Gasteiger partial charge >= 0.3 is 11.9 Å². The number of hydrogen-bond donors (Lipinski definition) is 2. The molecule has 0 saturated heterocycles. The second kappa shape index (κ2) is 11.6. The van der Waals surface area contributed by atoms with Crippen LogP contribution in [-0.2, 0) is 17.8 Å². The van der Waals surface area contributed by atoms with Crippen LogP contribution in [0.3, 0.4) is 0 Å². The summed E-state index contributed by atoms with van der Waals surface area (Å²) in [7, 11) is 1.57. The highest BCUT2D eigenvalue weighted by molar-refractivity contribution is 6.32. The number of benzene rings is 2. The van der Waals surface area contributed by atoms with Crippen LogP contribution in [0.4, 0.5) is 19.1 Å². The largest absolute Gasteiger partial charge is 0.416 e. The van der Waals surface area contributed by atoms with Crippen LogP contribution in [0.25, 0.3) is 17.1 Å². The van der Waals surface area contributed by atoms with E-state index in [2.05, 4.69) is 20.5 Å². The molecule has 0 aliphatic rings. The monoisotopic (exact) mass is 599 g/mol. The Bertz CT molecular complexity index is 1530. The molecule has 15 heteroatoms. The minimum absolute atomic E-state index is 0.0873. The molecule has 1 atom stereocenters. The highest BCUT2D eigenvalue weighted by Gasteiger charge is 2.39. The van der Waals surface area contributed by atoms with Crippen molar-refractivity contribution in [3.8, 4) is 17.1 Å². The van der Waals surface area contributed by atoms with Gasteiger partial charge in [-0.25, -0.2) is 9.48 Å². The Labute approximate surface area is 236 Å². The van der Waals surface area contributed by atoms with Gasteiger partial charge in [0.25, 0.3) is 0 Å². The lowest BCUT2D eigenvalue weighted by atomic mass is 10.1. The first-order valence-corrected chi connectivity index (χ1v) is 12.7. The van der Waals surface area contributed by atoms with E-state index < -0.39 is 30.1 Å². The quantitative estimate of drug-likeness (QED) is 0.278. The number of nitrogens with one attached hydrogen (secondary N) is 1. The molecule has 214 valence electrons. The number of rotatable bonds is 10. The van der Waals surface area contributed by atoms with Crippen molar-refractivity contribution in [2.45, 2.75) is 44.8 Å². The molecule has 40 heavy (non-hydrogen) atoms. The molecular weight excluding hydrogens is 574 g/mol. The molecule has 2 heterocycles. The highest BCUT2D eigenvalue weighted by Crippen LogP contribution is 2.25. The Balaban J connectivity index is 1.76. The topological polar surface area (TPSA) is 112 Å². The lowest BCUT2D eigenvalue weighted by Crippen LogP contribution is -2.37. The fourth-order valence-corrected chi connectivity index (χ4v) is 3.96. The van der Waals surface area contributed by atoms with E-state index in [0.29, 0.717) is 33.8 Å². The number of ether oxygens (including phenoxy) is 1. The number of hydrogen-bond acceptors (Lipinski definition) is 7. The van der Waals surface area contributed by atoms with Gasteiger partial charge in [-0.2, -0.15) is 22.8 Å². The molecule has 0 saturated carbocycles. The summed E-state index contributed by atoms with van der Waals surface area (Å²) >= 11 is 12.3. The fraction of sp³-hybridized carbons (Fsp3) is 0.360. The van der Waals surface area contributed by atoms with Crippen LogP contribution in [0, 0.1) is 0 Å². The van der Waals surface area contributed by atoms with Crippen LogP contribution < -0.4 is 11.0 Å². The third-order valence-electron chi connectivity index (χ3n) is 6.01. The van der Waals surface area contributed by atoms with Crippen LogP contribution in [0.2, 0.25) is 10.0 Å². The van der Waals surface area contributed by atoms with Gasteiger partial charge in [-0.05, 0) is 50.2 Å². The van der Waals surface area contributed by atoms with Crippen molar-refractivity contribution in [3.63, 3.8) is 0 Å². The molecule has 0 amide bonds. The number of para-hydroxylation sites is 1. The SMILES string of the molecule is COC(C)(C)CNc1nc(Cn2nc(-c3ccc(Cl)cc3)n(CC(O)C(F)(F)F)c2=O)nn1-c1ccccc1Cl. The Kier molecular flexibility index (Phi) is 8.59. The summed E-state index contributed by atoms with van der Waals surface area (Å²) in [4.78, 5) is 17.7. The third kappa shape index (κ3) is 6.66. The van der Waals surface area contributed by atoms with Gasteiger partial charge in [0.05, 0.1) is 22.9 Å². The molecule has 0 fully saturated rings. The Morgan fingerprint density at radius 1 is 1.07 bits per heavy atom. The van der Waals surface area contributed by atoms with Gasteiger partial charge in [0.1, 0.15) is 6.54 Å². The van der Waals surface area contributed by atoms with Crippen LogP contribution >= 0.6 is 23.2 Å². The number of aliphatic hydroxyl groups excluding tert-OH is 1. The van der Waals surface area contributed by atoms with Crippen molar-refractivity contribution in [2.75, 3.05) is 19.0 Å². The molecule has 0 aliphatic heterocycles. The first-order chi connectivity index (χ1) is 18.8. The maximum atomic E-state index is 13.3. The summed E-state index contributed by atoms with van der Waals surface area (Å²) in [6, 6.07) is 13.0. The molecule has 0 radical (unpaired) electrons. The summed E-state index contributed by atoms with van der Waals surface area (Å²) < 4.78 is 48.1. The molecular formula is C25H26Cl2F3N7O3. The second-order valence-electron chi connectivity index (χ2n) is 9.47. The van der Waals surface area contributed by atoms with Gasteiger partial charge in [0, 0.05) is 24.2 Å². The number of anilines is 1. The van der Waals surface area contributed by atoms with Gasteiger partial charge < -0.3 is 15.2 Å². The van der Waals surface area contributed by atoms with E-state index in [1.54, 1.807) is 31.4 Å². The smallest absolute Gasteiger partial charge is 0.382 e. The number of aromatic nitrogens is 6. The minimum atomic E-state index is -4.94. The summed E-state index contributed by atoms with van der Waals surface area (Å²) in [6.07, 6.45) is -7.73. The van der Waals surface area contributed by atoms with Gasteiger partial charge in [-0.15, -0.1) is 10.2 Å². The normalized spacial score (nSPS) is 13.0. The highest BCUT2D eigenvalue weighted by atomic mass is 35.5. The number of halogens is 5. The number of aliphatic hydroxyl groups is 1. The molecule has 4 rings (SSSR count). The zero-order chi connectivity index (χ0) is 29.2. The molecule has 0 spiro atoms. The van der Waals surface area contributed by atoms with E-state index in [4.69, 9.17) is 27.9 Å². The van der Waals surface area contributed by atoms with E-state index in [1.807, 2.05) is 13.8 Å². The molecule has 2 aromatic heterocycles. The van der Waals surface area contributed by atoms with Gasteiger partial charge in [0.2, 0.25) is 5.95 Å². The molecule has 1 unspecified atom stereocenters. The maximum absolute atomic E-state index is 13.3. The van der Waals surface area contributed by atoms with Crippen molar-refractivity contribution >= 4 is 29.2 Å². The van der Waals surface area contributed by atoms with Gasteiger partial charge in [-0.3, -0.25) is 4.57 Å². The Hall–Kier alpha value is -3.39. The average Bonchev–Trinajstić information content (AvgIpc) is 3.44. The molecule has 4 aromatic rings. The van der Waals surface area contributed by atoms with Crippen molar-refractivity contribution in [1.82, 2.24) is 29.1 Å². The summed E-state index contributed by atoms with van der Waals surface area (Å²) in [5, 5.41) is 22.4. The standard InChI is InChI=1S/C25H26Cl2F3N7O3/c1-24(2,40-3)14-31-22-32-20(33-37(22)18-7-5-4-6-17(18)27)13-36-23(39)35(12-19(38)25(28,29)30)21(34-36)15-8-10-16(26)11-9-15/h4-11,19,38H,12-14H2,1-3H3,(H,31,32,33). The van der Waals surface area contributed by atoms with E-state index in [9.17, 15) is 23.1 Å². The van der Waals surface area contributed by atoms with Crippen LogP contribution in [0.1, 0.15) is 19.7 Å². The molecule has 0 bridgehead atoms. The fourth-order valence-electron chi connectivity index (χ4n) is 3.62. The summed E-state index contributed by atoms with van der Waals surface area (Å²) in [5.74, 6) is 0.338. The van der Waals surface area contributed by atoms with Gasteiger partial charge in [-0.1, -0.05) is 35.3 Å². The van der Waals surface area contributed by atoms with E-state index in [0.717, 1.165) is 9.25 Å².